The lowest BCUT2D eigenvalue weighted by Gasteiger charge is -2.09. The van der Waals surface area contributed by atoms with Crippen molar-refractivity contribution in [2.24, 2.45) is 0 Å². The van der Waals surface area contributed by atoms with Gasteiger partial charge in [0, 0.05) is 16.5 Å². The van der Waals surface area contributed by atoms with Crippen LogP contribution in [0.5, 0.6) is 5.75 Å². The zero-order valence-electron chi connectivity index (χ0n) is 13.1. The maximum Gasteiger partial charge on any atom is 0.248 e. The number of para-hydroxylation sites is 2. The molecule has 4 nitrogen and oxygen atoms in total. The fraction of sp³-hybridized carbons (Fsp3) is 0.105. The van der Waals surface area contributed by atoms with Crippen LogP contribution in [0.25, 0.3) is 17.0 Å². The van der Waals surface area contributed by atoms with Crippen molar-refractivity contribution in [3.63, 3.8) is 0 Å². The van der Waals surface area contributed by atoms with E-state index in [1.165, 1.54) is 6.08 Å². The third kappa shape index (κ3) is 3.78. The molecule has 1 amide bonds. The van der Waals surface area contributed by atoms with Gasteiger partial charge in [-0.1, -0.05) is 23.7 Å². The number of hydrogen-bond donors (Lipinski definition) is 1. The zero-order chi connectivity index (χ0) is 16.9. The van der Waals surface area contributed by atoms with Crippen LogP contribution in [-0.4, -0.2) is 12.5 Å². The predicted octanol–water partition coefficient (Wildman–Crippen LogP) is 5.14. The maximum atomic E-state index is 12.1. The number of nitrogens with one attached hydrogen (secondary N) is 1. The molecule has 0 radical (unpaired) electrons. The summed E-state index contributed by atoms with van der Waals surface area (Å²) in [6.45, 7) is 2.43. The number of furan rings is 1. The summed E-state index contributed by atoms with van der Waals surface area (Å²) in [5, 5.41) is 4.33. The molecular weight excluding hydrogens is 326 g/mol. The minimum absolute atomic E-state index is 0.263. The lowest BCUT2D eigenvalue weighted by Crippen LogP contribution is -2.09. The number of carbonyl (C=O) groups is 1. The van der Waals surface area contributed by atoms with Gasteiger partial charge in [-0.2, -0.15) is 0 Å². The fourth-order valence-corrected chi connectivity index (χ4v) is 2.48. The molecule has 1 heterocycles. The number of ether oxygens (including phenoxy) is 1. The Morgan fingerprint density at radius 3 is 2.92 bits per heavy atom. The van der Waals surface area contributed by atoms with Crippen molar-refractivity contribution in [2.75, 3.05) is 11.9 Å². The Hall–Kier alpha value is -2.72. The van der Waals surface area contributed by atoms with E-state index in [0.29, 0.717) is 28.8 Å². The molecule has 1 aromatic heterocycles. The molecular formula is C19H16ClNO3. The van der Waals surface area contributed by atoms with Crippen LogP contribution in [0.3, 0.4) is 0 Å². The smallest absolute Gasteiger partial charge is 0.248 e. The lowest BCUT2D eigenvalue weighted by molar-refractivity contribution is -0.111. The Bertz CT molecular complexity index is 899. The molecule has 0 spiro atoms. The van der Waals surface area contributed by atoms with Crippen LogP contribution in [0, 0.1) is 0 Å². The Labute approximate surface area is 144 Å². The molecule has 1 N–H and O–H groups in total. The summed E-state index contributed by atoms with van der Waals surface area (Å²) in [5.41, 5.74) is 1.35. The summed E-state index contributed by atoms with van der Waals surface area (Å²) >= 11 is 5.95. The second-order valence-corrected chi connectivity index (χ2v) is 5.52. The van der Waals surface area contributed by atoms with Crippen LogP contribution in [0.4, 0.5) is 5.69 Å². The van der Waals surface area contributed by atoms with Crippen LogP contribution in [0.1, 0.15) is 12.7 Å². The van der Waals surface area contributed by atoms with Crippen LogP contribution in [0.15, 0.2) is 59.0 Å². The molecule has 0 aliphatic carbocycles. The second kappa shape index (κ2) is 7.23. The topological polar surface area (TPSA) is 51.5 Å². The maximum absolute atomic E-state index is 12.1. The molecule has 0 atom stereocenters. The van der Waals surface area contributed by atoms with Crippen molar-refractivity contribution in [1.29, 1.82) is 0 Å². The van der Waals surface area contributed by atoms with Gasteiger partial charge < -0.3 is 14.5 Å². The summed E-state index contributed by atoms with van der Waals surface area (Å²) in [4.78, 5) is 12.1. The minimum Gasteiger partial charge on any atom is -0.492 e. The van der Waals surface area contributed by atoms with E-state index in [9.17, 15) is 4.79 Å². The number of hydrogen-bond acceptors (Lipinski definition) is 3. The summed E-state index contributed by atoms with van der Waals surface area (Å²) < 4.78 is 11.1. The Morgan fingerprint density at radius 2 is 2.08 bits per heavy atom. The number of amides is 1. The van der Waals surface area contributed by atoms with Gasteiger partial charge in [-0.3, -0.25) is 4.79 Å². The van der Waals surface area contributed by atoms with Gasteiger partial charge in [0.25, 0.3) is 0 Å². The van der Waals surface area contributed by atoms with Crippen molar-refractivity contribution in [1.82, 2.24) is 0 Å². The van der Waals surface area contributed by atoms with Crippen LogP contribution in [0.2, 0.25) is 5.02 Å². The number of halogens is 1. The van der Waals surface area contributed by atoms with Gasteiger partial charge in [0.15, 0.2) is 0 Å². The van der Waals surface area contributed by atoms with E-state index >= 15 is 0 Å². The third-order valence-electron chi connectivity index (χ3n) is 3.34. The molecule has 3 aromatic rings. The Morgan fingerprint density at radius 1 is 1.25 bits per heavy atom. The van der Waals surface area contributed by atoms with Crippen molar-refractivity contribution < 1.29 is 13.9 Å². The van der Waals surface area contributed by atoms with Crippen LogP contribution in [-0.2, 0) is 4.79 Å². The molecule has 0 saturated heterocycles. The van der Waals surface area contributed by atoms with Crippen LogP contribution < -0.4 is 10.1 Å². The van der Waals surface area contributed by atoms with E-state index < -0.39 is 0 Å². The van der Waals surface area contributed by atoms with E-state index in [4.69, 9.17) is 20.8 Å². The van der Waals surface area contributed by atoms with Gasteiger partial charge >= 0.3 is 0 Å². The molecule has 0 aliphatic rings. The predicted molar refractivity (Wildman–Crippen MR) is 96.5 cm³/mol. The van der Waals surface area contributed by atoms with Gasteiger partial charge in [-0.15, -0.1) is 0 Å². The van der Waals surface area contributed by atoms with E-state index in [0.717, 1.165) is 11.0 Å². The van der Waals surface area contributed by atoms with Gasteiger partial charge in [-0.05, 0) is 49.4 Å². The average Bonchev–Trinajstić information content (AvgIpc) is 2.97. The number of fused-ring (bicyclic) bond motifs is 1. The van der Waals surface area contributed by atoms with E-state index in [2.05, 4.69) is 5.32 Å². The molecule has 24 heavy (non-hydrogen) atoms. The van der Waals surface area contributed by atoms with E-state index in [1.54, 1.807) is 24.3 Å². The Balaban J connectivity index is 1.73. The number of benzene rings is 2. The highest BCUT2D eigenvalue weighted by atomic mass is 35.5. The molecule has 0 bridgehead atoms. The van der Waals surface area contributed by atoms with Crippen LogP contribution >= 0.6 is 11.6 Å². The molecule has 3 rings (SSSR count). The first kappa shape index (κ1) is 16.1. The first-order valence-corrected chi connectivity index (χ1v) is 7.93. The normalized spacial score (nSPS) is 11.1. The summed E-state index contributed by atoms with van der Waals surface area (Å²) in [5.74, 6) is 0.960. The highest BCUT2D eigenvalue weighted by Crippen LogP contribution is 2.25. The summed E-state index contributed by atoms with van der Waals surface area (Å²) in [6.07, 6.45) is 3.04. The lowest BCUT2D eigenvalue weighted by atomic mass is 10.2. The fourth-order valence-electron chi connectivity index (χ4n) is 2.30. The molecule has 0 unspecified atom stereocenters. The average molecular weight is 342 g/mol. The SMILES string of the molecule is CCOc1ccccc1NC(=O)C=Cc1cc2cc(Cl)ccc2o1. The summed E-state index contributed by atoms with van der Waals surface area (Å²) in [6, 6.07) is 14.5. The number of rotatable bonds is 5. The molecule has 0 fully saturated rings. The summed E-state index contributed by atoms with van der Waals surface area (Å²) in [7, 11) is 0. The molecule has 5 heteroatoms. The highest BCUT2D eigenvalue weighted by molar-refractivity contribution is 6.31. The van der Waals surface area contributed by atoms with Gasteiger partial charge in [-0.25, -0.2) is 0 Å². The monoisotopic (exact) mass is 341 g/mol. The zero-order valence-corrected chi connectivity index (χ0v) is 13.8. The molecule has 0 aliphatic heterocycles. The standard InChI is InChI=1S/C19H16ClNO3/c1-2-23-18-6-4-3-5-16(18)21-19(22)10-8-15-12-13-11-14(20)7-9-17(13)24-15/h3-12H,2H2,1H3,(H,21,22). The molecule has 0 saturated carbocycles. The highest BCUT2D eigenvalue weighted by Gasteiger charge is 2.06. The largest absolute Gasteiger partial charge is 0.492 e. The van der Waals surface area contributed by atoms with Gasteiger partial charge in [0.05, 0.1) is 12.3 Å². The van der Waals surface area contributed by atoms with Gasteiger partial charge in [0.2, 0.25) is 5.91 Å². The van der Waals surface area contributed by atoms with Crippen molar-refractivity contribution in [3.8, 4) is 5.75 Å². The van der Waals surface area contributed by atoms with Crippen molar-refractivity contribution >= 4 is 40.2 Å². The first-order valence-electron chi connectivity index (χ1n) is 7.55. The van der Waals surface area contributed by atoms with Crippen molar-refractivity contribution in [3.05, 3.63) is 65.4 Å². The van der Waals surface area contributed by atoms with Crippen molar-refractivity contribution in [2.45, 2.75) is 6.92 Å². The van der Waals surface area contributed by atoms with E-state index in [1.807, 2.05) is 37.3 Å². The number of anilines is 1. The molecule has 2 aromatic carbocycles. The second-order valence-electron chi connectivity index (χ2n) is 5.08. The molecule has 122 valence electrons. The number of carbonyl (C=O) groups excluding carboxylic acids is 1. The third-order valence-corrected chi connectivity index (χ3v) is 3.58. The van der Waals surface area contributed by atoms with Gasteiger partial charge in [0.1, 0.15) is 17.1 Å². The minimum atomic E-state index is -0.263. The first-order chi connectivity index (χ1) is 11.7. The van der Waals surface area contributed by atoms with E-state index in [-0.39, 0.29) is 5.91 Å². The quantitative estimate of drug-likeness (QED) is 0.654. The Kier molecular flexibility index (Phi) is 4.87.